The Morgan fingerprint density at radius 3 is 2.68 bits per heavy atom. The highest BCUT2D eigenvalue weighted by Gasteiger charge is 2.32. The first-order valence-electron chi connectivity index (χ1n) is 9.60. The monoisotopic (exact) mass is 392 g/mol. The molecule has 144 valence electrons. The van der Waals surface area contributed by atoms with Crippen LogP contribution < -0.4 is 5.32 Å². The second-order valence-corrected chi connectivity index (χ2v) is 8.16. The fourth-order valence-electron chi connectivity index (χ4n) is 3.77. The zero-order valence-corrected chi connectivity index (χ0v) is 16.7. The van der Waals surface area contributed by atoms with Gasteiger partial charge in [-0.1, -0.05) is 48.6 Å². The van der Waals surface area contributed by atoms with Gasteiger partial charge in [0.2, 0.25) is 5.91 Å². The molecule has 2 aromatic carbocycles. The molecule has 1 amide bonds. The van der Waals surface area contributed by atoms with Crippen molar-refractivity contribution < 1.29 is 9.53 Å². The van der Waals surface area contributed by atoms with E-state index >= 15 is 0 Å². The number of rotatable bonds is 6. The number of ether oxygens (including phenoxy) is 1. The molecule has 4 rings (SSSR count). The number of hydrogen-bond acceptors (Lipinski definition) is 4. The minimum atomic E-state index is -0.0832. The molecule has 0 radical (unpaired) electrons. The zero-order chi connectivity index (χ0) is 19.3. The predicted octanol–water partition coefficient (Wildman–Crippen LogP) is 4.81. The van der Waals surface area contributed by atoms with Crippen LogP contribution in [0.4, 0.5) is 0 Å². The first-order valence-corrected chi connectivity index (χ1v) is 10.4. The van der Waals surface area contributed by atoms with Crippen molar-refractivity contribution in [3.63, 3.8) is 0 Å². The van der Waals surface area contributed by atoms with E-state index in [0.29, 0.717) is 13.2 Å². The first-order chi connectivity index (χ1) is 13.8. The summed E-state index contributed by atoms with van der Waals surface area (Å²) in [5.41, 5.74) is 3.22. The summed E-state index contributed by atoms with van der Waals surface area (Å²) in [6.45, 7) is 1.07. The van der Waals surface area contributed by atoms with E-state index in [9.17, 15) is 4.79 Å². The third kappa shape index (κ3) is 4.01. The van der Waals surface area contributed by atoms with E-state index in [2.05, 4.69) is 23.5 Å². The normalized spacial score (nSPS) is 19.0. The van der Waals surface area contributed by atoms with Gasteiger partial charge in [-0.05, 0) is 36.1 Å². The van der Waals surface area contributed by atoms with E-state index in [1.54, 1.807) is 18.4 Å². The summed E-state index contributed by atoms with van der Waals surface area (Å²) < 4.78 is 6.45. The highest BCUT2D eigenvalue weighted by atomic mass is 32.1. The summed E-state index contributed by atoms with van der Waals surface area (Å²) in [5.74, 6) is 0.151. The van der Waals surface area contributed by atoms with Gasteiger partial charge in [-0.3, -0.25) is 4.79 Å². The Morgan fingerprint density at radius 2 is 1.86 bits per heavy atom. The lowest BCUT2D eigenvalue weighted by atomic mass is 9.82. The third-order valence-corrected chi connectivity index (χ3v) is 6.44. The van der Waals surface area contributed by atoms with E-state index in [4.69, 9.17) is 9.72 Å². The average molecular weight is 393 g/mol. The number of carbonyl (C=O) groups excluding carboxylic acids is 1. The fourth-order valence-corrected chi connectivity index (χ4v) is 4.91. The molecule has 5 heteroatoms. The lowest BCUT2D eigenvalue weighted by molar-refractivity contribution is -0.125. The average Bonchev–Trinajstić information content (AvgIpc) is 3.17. The topological polar surface area (TPSA) is 51.2 Å². The molecular formula is C23H24N2O2S. The van der Waals surface area contributed by atoms with Gasteiger partial charge in [-0.15, -0.1) is 11.3 Å². The lowest BCUT2D eigenvalue weighted by Gasteiger charge is -2.26. The van der Waals surface area contributed by atoms with Gasteiger partial charge in [0.25, 0.3) is 0 Å². The molecule has 0 fully saturated rings. The Balaban J connectivity index is 1.50. The van der Waals surface area contributed by atoms with Crippen LogP contribution in [-0.2, 0) is 22.7 Å². The van der Waals surface area contributed by atoms with Crippen LogP contribution in [0.15, 0.2) is 60.7 Å². The zero-order valence-electron chi connectivity index (χ0n) is 15.9. The Hall–Kier alpha value is -2.50. The van der Waals surface area contributed by atoms with Gasteiger partial charge < -0.3 is 10.1 Å². The Kier molecular flexibility index (Phi) is 5.84. The van der Waals surface area contributed by atoms with Crippen molar-refractivity contribution in [2.75, 3.05) is 7.11 Å². The van der Waals surface area contributed by atoms with Crippen molar-refractivity contribution in [1.82, 2.24) is 10.3 Å². The summed E-state index contributed by atoms with van der Waals surface area (Å²) in [6, 6.07) is 16.2. The molecule has 0 bridgehead atoms. The molecule has 28 heavy (non-hydrogen) atoms. The molecule has 1 aliphatic rings. The summed E-state index contributed by atoms with van der Waals surface area (Å²) in [5, 5.41) is 4.21. The van der Waals surface area contributed by atoms with E-state index in [-0.39, 0.29) is 17.7 Å². The van der Waals surface area contributed by atoms with Crippen LogP contribution in [-0.4, -0.2) is 18.0 Å². The Bertz CT molecular complexity index is 962. The second kappa shape index (κ2) is 8.67. The van der Waals surface area contributed by atoms with E-state index < -0.39 is 0 Å². The van der Waals surface area contributed by atoms with Crippen molar-refractivity contribution in [2.45, 2.75) is 31.9 Å². The van der Waals surface area contributed by atoms with Crippen molar-refractivity contribution in [3.05, 3.63) is 76.8 Å². The molecule has 1 N–H and O–H groups in total. The summed E-state index contributed by atoms with van der Waals surface area (Å²) in [7, 11) is 1.69. The fraction of sp³-hybridized carbons (Fsp3) is 0.304. The van der Waals surface area contributed by atoms with Crippen molar-refractivity contribution >= 4 is 27.5 Å². The number of para-hydroxylation sites is 1. The third-order valence-electron chi connectivity index (χ3n) is 5.27. The van der Waals surface area contributed by atoms with Crippen LogP contribution in [0.1, 0.15) is 34.9 Å². The molecular weight excluding hydrogens is 368 g/mol. The second-order valence-electron chi connectivity index (χ2n) is 7.10. The molecule has 0 spiro atoms. The van der Waals surface area contributed by atoms with Crippen LogP contribution in [0.25, 0.3) is 10.2 Å². The van der Waals surface area contributed by atoms with Gasteiger partial charge in [0.05, 0.1) is 27.7 Å². The number of hydrogen-bond donors (Lipinski definition) is 1. The van der Waals surface area contributed by atoms with E-state index in [1.807, 2.05) is 42.5 Å². The van der Waals surface area contributed by atoms with Crippen LogP contribution in [0, 0.1) is 5.92 Å². The van der Waals surface area contributed by atoms with Crippen molar-refractivity contribution in [2.24, 2.45) is 5.92 Å². The minimum Gasteiger partial charge on any atom is -0.380 e. The van der Waals surface area contributed by atoms with Crippen LogP contribution in [0.3, 0.4) is 0 Å². The van der Waals surface area contributed by atoms with E-state index in [0.717, 1.165) is 34.5 Å². The molecule has 1 aromatic heterocycles. The van der Waals surface area contributed by atoms with Crippen LogP contribution in [0.2, 0.25) is 0 Å². The van der Waals surface area contributed by atoms with Gasteiger partial charge in [0, 0.05) is 19.6 Å². The summed E-state index contributed by atoms with van der Waals surface area (Å²) in [6.07, 6.45) is 5.91. The maximum Gasteiger partial charge on any atom is 0.224 e. The number of benzene rings is 2. The number of amides is 1. The number of aromatic nitrogens is 1. The smallest absolute Gasteiger partial charge is 0.224 e. The molecule has 2 unspecified atom stereocenters. The molecule has 0 saturated carbocycles. The number of allylic oxidation sites excluding steroid dienone is 2. The number of carbonyl (C=O) groups is 1. The molecule has 3 aromatic rings. The Morgan fingerprint density at radius 1 is 1.11 bits per heavy atom. The highest BCUT2D eigenvalue weighted by molar-refractivity contribution is 7.18. The number of methoxy groups -OCH3 is 1. The molecule has 4 nitrogen and oxygen atoms in total. The number of fused-ring (bicyclic) bond motifs is 1. The van der Waals surface area contributed by atoms with Gasteiger partial charge in [0.1, 0.15) is 0 Å². The van der Waals surface area contributed by atoms with E-state index in [1.165, 1.54) is 4.70 Å². The minimum absolute atomic E-state index is 0.0832. The maximum atomic E-state index is 13.0. The summed E-state index contributed by atoms with van der Waals surface area (Å²) >= 11 is 1.71. The predicted molar refractivity (Wildman–Crippen MR) is 113 cm³/mol. The molecule has 1 aliphatic carbocycles. The SMILES string of the molecule is COCc1ccccc1CNC(=O)C1CC=CCC1c1nc2ccccc2s1. The standard InChI is InChI=1S/C23H24N2O2S/c1-27-15-17-9-3-2-8-16(17)14-24-22(26)18-10-4-5-11-19(18)23-25-20-12-6-7-13-21(20)28-23/h2-9,12-13,18-19H,10-11,14-15H2,1H3,(H,24,26). The number of nitrogens with zero attached hydrogens (tertiary/aromatic N) is 1. The summed E-state index contributed by atoms with van der Waals surface area (Å²) in [4.78, 5) is 17.9. The van der Waals surface area contributed by atoms with Gasteiger partial charge >= 0.3 is 0 Å². The quantitative estimate of drug-likeness (QED) is 0.613. The first kappa shape index (κ1) is 18.8. The molecule has 2 atom stereocenters. The molecule has 0 aliphatic heterocycles. The van der Waals surface area contributed by atoms with Gasteiger partial charge in [0.15, 0.2) is 0 Å². The van der Waals surface area contributed by atoms with Crippen molar-refractivity contribution in [3.8, 4) is 0 Å². The van der Waals surface area contributed by atoms with Gasteiger partial charge in [-0.25, -0.2) is 4.98 Å². The van der Waals surface area contributed by atoms with Crippen LogP contribution in [0.5, 0.6) is 0 Å². The molecule has 1 heterocycles. The molecule has 0 saturated heterocycles. The number of nitrogens with one attached hydrogen (secondary N) is 1. The van der Waals surface area contributed by atoms with Gasteiger partial charge in [-0.2, -0.15) is 0 Å². The number of thiazole rings is 1. The van der Waals surface area contributed by atoms with Crippen LogP contribution >= 0.6 is 11.3 Å². The lowest BCUT2D eigenvalue weighted by Crippen LogP contribution is -2.34. The van der Waals surface area contributed by atoms with Crippen molar-refractivity contribution in [1.29, 1.82) is 0 Å². The maximum absolute atomic E-state index is 13.0. The highest BCUT2D eigenvalue weighted by Crippen LogP contribution is 2.38. The Labute approximate surface area is 169 Å². The largest absolute Gasteiger partial charge is 0.380 e.